The molecule has 3 rings (SSSR count). The summed E-state index contributed by atoms with van der Waals surface area (Å²) >= 11 is 6.17. The summed E-state index contributed by atoms with van der Waals surface area (Å²) in [7, 11) is 0. The van der Waals surface area contributed by atoms with E-state index in [2.05, 4.69) is 15.0 Å². The summed E-state index contributed by atoms with van der Waals surface area (Å²) in [5, 5.41) is 8.64. The van der Waals surface area contributed by atoms with E-state index in [4.69, 9.17) is 16.1 Å². The maximum atomic E-state index is 12.0. The van der Waals surface area contributed by atoms with Crippen LogP contribution in [0.1, 0.15) is 23.4 Å². The molecular weight excluding hydrogens is 326 g/mol. The number of carbonyl (C=O) groups is 1. The fourth-order valence-corrected chi connectivity index (χ4v) is 3.11. The van der Waals surface area contributed by atoms with Crippen molar-refractivity contribution in [3.05, 3.63) is 52.5 Å². The van der Waals surface area contributed by atoms with Gasteiger partial charge < -0.3 is 14.4 Å². The monoisotopic (exact) mass is 345 g/mol. The Morgan fingerprint density at radius 1 is 1.33 bits per heavy atom. The van der Waals surface area contributed by atoms with E-state index >= 15 is 0 Å². The zero-order valence-corrected chi connectivity index (χ0v) is 14.6. The molecule has 0 aliphatic rings. The molecule has 2 heterocycles. The van der Waals surface area contributed by atoms with Crippen molar-refractivity contribution in [2.75, 3.05) is 6.54 Å². The lowest BCUT2D eigenvalue weighted by Gasteiger charge is -2.08. The Bertz CT molecular complexity index is 847. The summed E-state index contributed by atoms with van der Waals surface area (Å²) in [6.07, 6.45) is 3.07. The fourth-order valence-electron chi connectivity index (χ4n) is 2.88. The van der Waals surface area contributed by atoms with Gasteiger partial charge in [-0.05, 0) is 38.5 Å². The van der Waals surface area contributed by atoms with E-state index in [0.29, 0.717) is 25.9 Å². The number of benzene rings is 1. The van der Waals surface area contributed by atoms with Crippen LogP contribution in [0, 0.1) is 13.8 Å². The average molecular weight is 346 g/mol. The minimum Gasteiger partial charge on any atom is -0.361 e. The van der Waals surface area contributed by atoms with Crippen LogP contribution in [0.3, 0.4) is 0 Å². The van der Waals surface area contributed by atoms with Crippen molar-refractivity contribution in [2.45, 2.75) is 33.2 Å². The molecule has 0 saturated heterocycles. The van der Waals surface area contributed by atoms with Crippen molar-refractivity contribution in [1.29, 1.82) is 0 Å². The second-order valence-electron chi connectivity index (χ2n) is 5.83. The molecule has 0 unspecified atom stereocenters. The molecule has 24 heavy (non-hydrogen) atoms. The Hall–Kier alpha value is -2.27. The summed E-state index contributed by atoms with van der Waals surface area (Å²) < 4.78 is 7.21. The minimum absolute atomic E-state index is 0.0319. The van der Waals surface area contributed by atoms with Gasteiger partial charge in [-0.15, -0.1) is 0 Å². The van der Waals surface area contributed by atoms with E-state index in [1.54, 1.807) is 0 Å². The van der Waals surface area contributed by atoms with Crippen LogP contribution >= 0.6 is 11.6 Å². The van der Waals surface area contributed by atoms with Crippen LogP contribution in [0.2, 0.25) is 5.02 Å². The SMILES string of the molecule is Cc1noc(C)c1CCC(=O)NCCn1ccc2c(Cl)cccc21. The van der Waals surface area contributed by atoms with Gasteiger partial charge in [0, 0.05) is 47.2 Å². The lowest BCUT2D eigenvalue weighted by atomic mass is 10.1. The summed E-state index contributed by atoms with van der Waals surface area (Å²) in [5.41, 5.74) is 2.96. The zero-order valence-electron chi connectivity index (χ0n) is 13.8. The van der Waals surface area contributed by atoms with Crippen molar-refractivity contribution in [2.24, 2.45) is 0 Å². The molecule has 0 aliphatic carbocycles. The van der Waals surface area contributed by atoms with Gasteiger partial charge in [0.2, 0.25) is 5.91 Å². The number of nitrogens with one attached hydrogen (secondary N) is 1. The topological polar surface area (TPSA) is 60.1 Å². The van der Waals surface area contributed by atoms with Gasteiger partial charge in [-0.3, -0.25) is 4.79 Å². The summed E-state index contributed by atoms with van der Waals surface area (Å²) in [4.78, 5) is 12.0. The second-order valence-corrected chi connectivity index (χ2v) is 6.24. The number of fused-ring (bicyclic) bond motifs is 1. The van der Waals surface area contributed by atoms with Gasteiger partial charge in [0.05, 0.1) is 5.69 Å². The normalized spacial score (nSPS) is 11.1. The molecule has 0 aliphatic heterocycles. The second kappa shape index (κ2) is 7.09. The molecule has 0 atom stereocenters. The van der Waals surface area contributed by atoms with Crippen LogP contribution in [0.4, 0.5) is 0 Å². The van der Waals surface area contributed by atoms with E-state index in [-0.39, 0.29) is 5.91 Å². The van der Waals surface area contributed by atoms with E-state index in [1.807, 2.05) is 44.3 Å². The maximum absolute atomic E-state index is 12.0. The first kappa shape index (κ1) is 16.6. The number of amides is 1. The van der Waals surface area contributed by atoms with Crippen molar-refractivity contribution in [1.82, 2.24) is 15.0 Å². The predicted molar refractivity (Wildman–Crippen MR) is 94.3 cm³/mol. The summed E-state index contributed by atoms with van der Waals surface area (Å²) in [6, 6.07) is 7.84. The third kappa shape index (κ3) is 3.46. The number of aromatic nitrogens is 2. The van der Waals surface area contributed by atoms with Gasteiger partial charge in [0.1, 0.15) is 5.76 Å². The molecule has 1 amide bonds. The van der Waals surface area contributed by atoms with Crippen LogP contribution in [0.25, 0.3) is 10.9 Å². The minimum atomic E-state index is 0.0319. The molecule has 5 nitrogen and oxygen atoms in total. The lowest BCUT2D eigenvalue weighted by Crippen LogP contribution is -2.27. The number of carbonyl (C=O) groups excluding carboxylic acids is 1. The number of hydrogen-bond acceptors (Lipinski definition) is 3. The number of nitrogens with zero attached hydrogens (tertiary/aromatic N) is 2. The van der Waals surface area contributed by atoms with E-state index in [0.717, 1.165) is 32.9 Å². The first-order valence-electron chi connectivity index (χ1n) is 7.98. The van der Waals surface area contributed by atoms with Crippen molar-refractivity contribution < 1.29 is 9.32 Å². The highest BCUT2D eigenvalue weighted by Crippen LogP contribution is 2.23. The lowest BCUT2D eigenvalue weighted by molar-refractivity contribution is -0.121. The highest BCUT2D eigenvalue weighted by molar-refractivity contribution is 6.35. The molecule has 2 aromatic heterocycles. The fraction of sp³-hybridized carbons (Fsp3) is 0.333. The number of rotatable bonds is 6. The highest BCUT2D eigenvalue weighted by Gasteiger charge is 2.11. The Kier molecular flexibility index (Phi) is 4.90. The molecule has 1 N–H and O–H groups in total. The molecule has 0 bridgehead atoms. The van der Waals surface area contributed by atoms with Gasteiger partial charge in [0.15, 0.2) is 0 Å². The number of aryl methyl sites for hydroxylation is 2. The van der Waals surface area contributed by atoms with Gasteiger partial charge in [0.25, 0.3) is 0 Å². The third-order valence-electron chi connectivity index (χ3n) is 4.22. The standard InChI is InChI=1S/C18H20ClN3O2/c1-12-14(13(2)24-21-12)6-7-18(23)20-9-11-22-10-8-15-16(19)4-3-5-17(15)22/h3-5,8,10H,6-7,9,11H2,1-2H3,(H,20,23). The molecule has 0 saturated carbocycles. The predicted octanol–water partition coefficient (Wildman–Crippen LogP) is 3.65. The van der Waals surface area contributed by atoms with E-state index in [1.165, 1.54) is 0 Å². The van der Waals surface area contributed by atoms with E-state index in [9.17, 15) is 4.79 Å². The molecule has 0 spiro atoms. The average Bonchev–Trinajstić information content (AvgIpc) is 3.11. The Balaban J connectivity index is 1.51. The molecule has 126 valence electrons. The molecule has 3 aromatic rings. The third-order valence-corrected chi connectivity index (χ3v) is 4.55. The number of halogens is 1. The van der Waals surface area contributed by atoms with Crippen LogP contribution in [0.15, 0.2) is 35.0 Å². The Labute approximate surface area is 145 Å². The Morgan fingerprint density at radius 2 is 2.17 bits per heavy atom. The van der Waals surface area contributed by atoms with Crippen LogP contribution in [-0.2, 0) is 17.8 Å². The number of hydrogen-bond donors (Lipinski definition) is 1. The Morgan fingerprint density at radius 3 is 2.92 bits per heavy atom. The van der Waals surface area contributed by atoms with Crippen molar-refractivity contribution in [3.8, 4) is 0 Å². The van der Waals surface area contributed by atoms with Crippen LogP contribution in [0.5, 0.6) is 0 Å². The first-order valence-corrected chi connectivity index (χ1v) is 8.36. The van der Waals surface area contributed by atoms with Gasteiger partial charge in [-0.2, -0.15) is 0 Å². The molecule has 0 radical (unpaired) electrons. The van der Waals surface area contributed by atoms with Crippen molar-refractivity contribution in [3.63, 3.8) is 0 Å². The summed E-state index contributed by atoms with van der Waals surface area (Å²) in [6.45, 7) is 5.05. The van der Waals surface area contributed by atoms with Gasteiger partial charge >= 0.3 is 0 Å². The van der Waals surface area contributed by atoms with Crippen LogP contribution < -0.4 is 5.32 Å². The summed E-state index contributed by atoms with van der Waals surface area (Å²) in [5.74, 6) is 0.820. The first-order chi connectivity index (χ1) is 11.6. The zero-order chi connectivity index (χ0) is 17.1. The molecule has 1 aromatic carbocycles. The quantitative estimate of drug-likeness (QED) is 0.741. The molecule has 6 heteroatoms. The van der Waals surface area contributed by atoms with E-state index < -0.39 is 0 Å². The van der Waals surface area contributed by atoms with Crippen molar-refractivity contribution >= 4 is 28.4 Å². The van der Waals surface area contributed by atoms with Gasteiger partial charge in [-0.1, -0.05) is 22.8 Å². The highest BCUT2D eigenvalue weighted by atomic mass is 35.5. The molecular formula is C18H20ClN3O2. The molecule has 0 fully saturated rings. The largest absolute Gasteiger partial charge is 0.361 e. The van der Waals surface area contributed by atoms with Crippen LogP contribution in [-0.4, -0.2) is 22.2 Å². The smallest absolute Gasteiger partial charge is 0.220 e. The maximum Gasteiger partial charge on any atom is 0.220 e. The van der Waals surface area contributed by atoms with Gasteiger partial charge in [-0.25, -0.2) is 0 Å².